The molecular formula is C13H19ClFN. The van der Waals surface area contributed by atoms with Gasteiger partial charge in [-0.3, -0.25) is 0 Å². The number of benzene rings is 1. The molecule has 1 rings (SSSR count). The van der Waals surface area contributed by atoms with Crippen LogP contribution in [0.15, 0.2) is 18.2 Å². The molecule has 2 atom stereocenters. The van der Waals surface area contributed by atoms with E-state index in [0.29, 0.717) is 18.0 Å². The second kappa shape index (κ2) is 6.21. The van der Waals surface area contributed by atoms with Crippen molar-refractivity contribution in [2.75, 3.05) is 6.54 Å². The summed E-state index contributed by atoms with van der Waals surface area (Å²) < 4.78 is 13.9. The molecule has 0 bridgehead atoms. The summed E-state index contributed by atoms with van der Waals surface area (Å²) in [4.78, 5) is 0. The fourth-order valence-electron chi connectivity index (χ4n) is 2.13. The maximum atomic E-state index is 13.9. The van der Waals surface area contributed by atoms with Crippen molar-refractivity contribution in [3.05, 3.63) is 34.6 Å². The summed E-state index contributed by atoms with van der Waals surface area (Å²) in [6.45, 7) is 4.69. The smallest absolute Gasteiger partial charge is 0.145 e. The molecule has 1 aromatic carbocycles. The molecular weight excluding hydrogens is 225 g/mol. The van der Waals surface area contributed by atoms with Gasteiger partial charge in [-0.2, -0.15) is 0 Å². The van der Waals surface area contributed by atoms with Gasteiger partial charge in [0, 0.05) is 5.92 Å². The Hall–Kier alpha value is -0.600. The summed E-state index contributed by atoms with van der Waals surface area (Å²) in [7, 11) is 0. The predicted octanol–water partition coefficient (Wildman–Crippen LogP) is 3.96. The second-order valence-electron chi connectivity index (χ2n) is 4.25. The average Bonchev–Trinajstić information content (AvgIpc) is 2.25. The lowest BCUT2D eigenvalue weighted by molar-refractivity contribution is 0.416. The van der Waals surface area contributed by atoms with Crippen LogP contribution in [0.1, 0.15) is 38.2 Å². The van der Waals surface area contributed by atoms with E-state index in [0.717, 1.165) is 12.8 Å². The van der Waals surface area contributed by atoms with E-state index in [-0.39, 0.29) is 16.8 Å². The molecule has 3 heteroatoms. The topological polar surface area (TPSA) is 26.0 Å². The van der Waals surface area contributed by atoms with Crippen LogP contribution >= 0.6 is 11.6 Å². The Balaban J connectivity index is 2.99. The SMILES string of the molecule is CCCC(C)C(CN)c1cccc(Cl)c1F. The van der Waals surface area contributed by atoms with Crippen LogP contribution in [-0.2, 0) is 0 Å². The Morgan fingerprint density at radius 1 is 1.44 bits per heavy atom. The molecule has 0 amide bonds. The van der Waals surface area contributed by atoms with Crippen LogP contribution in [0.3, 0.4) is 0 Å². The monoisotopic (exact) mass is 243 g/mol. The van der Waals surface area contributed by atoms with E-state index in [1.807, 2.05) is 0 Å². The van der Waals surface area contributed by atoms with Crippen LogP contribution < -0.4 is 5.73 Å². The Morgan fingerprint density at radius 3 is 2.69 bits per heavy atom. The van der Waals surface area contributed by atoms with Gasteiger partial charge in [-0.1, -0.05) is 50.4 Å². The van der Waals surface area contributed by atoms with E-state index in [9.17, 15) is 4.39 Å². The summed E-state index contributed by atoms with van der Waals surface area (Å²) in [6, 6.07) is 5.13. The third kappa shape index (κ3) is 2.96. The van der Waals surface area contributed by atoms with E-state index in [1.54, 1.807) is 18.2 Å². The van der Waals surface area contributed by atoms with E-state index < -0.39 is 0 Å². The van der Waals surface area contributed by atoms with Crippen molar-refractivity contribution < 1.29 is 4.39 Å². The van der Waals surface area contributed by atoms with Gasteiger partial charge < -0.3 is 5.73 Å². The summed E-state index contributed by atoms with van der Waals surface area (Å²) >= 11 is 5.78. The molecule has 0 fully saturated rings. The predicted molar refractivity (Wildman–Crippen MR) is 67.3 cm³/mol. The minimum Gasteiger partial charge on any atom is -0.330 e. The summed E-state index contributed by atoms with van der Waals surface area (Å²) in [5.41, 5.74) is 6.39. The van der Waals surface area contributed by atoms with Gasteiger partial charge in [-0.05, 0) is 24.1 Å². The van der Waals surface area contributed by atoms with Crippen LogP contribution in [0.2, 0.25) is 5.02 Å². The molecule has 0 saturated carbocycles. The third-order valence-corrected chi connectivity index (χ3v) is 3.36. The van der Waals surface area contributed by atoms with Crippen molar-refractivity contribution in [2.24, 2.45) is 11.7 Å². The summed E-state index contributed by atoms with van der Waals surface area (Å²) in [5.74, 6) is 0.115. The van der Waals surface area contributed by atoms with Crippen molar-refractivity contribution in [3.8, 4) is 0 Å². The van der Waals surface area contributed by atoms with Crippen molar-refractivity contribution >= 4 is 11.6 Å². The molecule has 0 aliphatic heterocycles. The highest BCUT2D eigenvalue weighted by molar-refractivity contribution is 6.30. The largest absolute Gasteiger partial charge is 0.330 e. The lowest BCUT2D eigenvalue weighted by Crippen LogP contribution is -2.20. The quantitative estimate of drug-likeness (QED) is 0.833. The standard InChI is InChI=1S/C13H19ClFN/c1-3-5-9(2)11(8-16)10-6-4-7-12(14)13(10)15/h4,6-7,9,11H,3,5,8,16H2,1-2H3. The minimum atomic E-state index is -0.317. The highest BCUT2D eigenvalue weighted by Gasteiger charge is 2.21. The number of halogens is 2. The van der Waals surface area contributed by atoms with Gasteiger partial charge in [0.25, 0.3) is 0 Å². The van der Waals surface area contributed by atoms with Crippen LogP contribution in [0, 0.1) is 11.7 Å². The molecule has 0 radical (unpaired) electrons. The zero-order valence-corrected chi connectivity index (χ0v) is 10.6. The highest BCUT2D eigenvalue weighted by atomic mass is 35.5. The van der Waals surface area contributed by atoms with E-state index in [1.165, 1.54) is 0 Å². The van der Waals surface area contributed by atoms with Crippen LogP contribution in [0.4, 0.5) is 4.39 Å². The van der Waals surface area contributed by atoms with Crippen LogP contribution in [0.25, 0.3) is 0 Å². The number of hydrogen-bond donors (Lipinski definition) is 1. The molecule has 2 unspecified atom stereocenters. The first-order chi connectivity index (χ1) is 7.61. The maximum absolute atomic E-state index is 13.9. The van der Waals surface area contributed by atoms with Crippen molar-refractivity contribution in [2.45, 2.75) is 32.6 Å². The summed E-state index contributed by atoms with van der Waals surface area (Å²) in [6.07, 6.45) is 2.13. The number of rotatable bonds is 5. The first-order valence-corrected chi connectivity index (χ1v) is 6.13. The summed E-state index contributed by atoms with van der Waals surface area (Å²) in [5, 5.41) is 0.180. The second-order valence-corrected chi connectivity index (χ2v) is 4.66. The zero-order chi connectivity index (χ0) is 12.1. The Kier molecular flexibility index (Phi) is 5.23. The highest BCUT2D eigenvalue weighted by Crippen LogP contribution is 2.31. The number of nitrogens with two attached hydrogens (primary N) is 1. The molecule has 2 N–H and O–H groups in total. The van der Waals surface area contributed by atoms with Crippen molar-refractivity contribution in [1.82, 2.24) is 0 Å². The molecule has 0 aliphatic carbocycles. The molecule has 16 heavy (non-hydrogen) atoms. The molecule has 0 spiro atoms. The molecule has 0 aliphatic rings. The third-order valence-electron chi connectivity index (χ3n) is 3.07. The van der Waals surface area contributed by atoms with Gasteiger partial charge in [0.1, 0.15) is 5.82 Å². The number of hydrogen-bond acceptors (Lipinski definition) is 1. The Bertz CT molecular complexity index is 341. The van der Waals surface area contributed by atoms with Crippen molar-refractivity contribution in [1.29, 1.82) is 0 Å². The van der Waals surface area contributed by atoms with Gasteiger partial charge in [0.15, 0.2) is 0 Å². The fourth-order valence-corrected chi connectivity index (χ4v) is 2.31. The molecule has 1 aromatic rings. The van der Waals surface area contributed by atoms with Crippen molar-refractivity contribution in [3.63, 3.8) is 0 Å². The molecule has 0 heterocycles. The van der Waals surface area contributed by atoms with Gasteiger partial charge in [0.05, 0.1) is 5.02 Å². The molecule has 1 nitrogen and oxygen atoms in total. The first kappa shape index (κ1) is 13.5. The minimum absolute atomic E-state index is 0.0543. The molecule has 0 aromatic heterocycles. The average molecular weight is 244 g/mol. The van der Waals surface area contributed by atoms with Gasteiger partial charge in [-0.15, -0.1) is 0 Å². The fraction of sp³-hybridized carbons (Fsp3) is 0.538. The van der Waals surface area contributed by atoms with E-state index in [4.69, 9.17) is 17.3 Å². The van der Waals surface area contributed by atoms with Gasteiger partial charge in [0.2, 0.25) is 0 Å². The first-order valence-electron chi connectivity index (χ1n) is 5.75. The van der Waals surface area contributed by atoms with E-state index >= 15 is 0 Å². The Labute approximate surface area is 102 Å². The Morgan fingerprint density at radius 2 is 2.12 bits per heavy atom. The molecule has 0 saturated heterocycles. The lowest BCUT2D eigenvalue weighted by Gasteiger charge is -2.23. The zero-order valence-electron chi connectivity index (χ0n) is 9.84. The maximum Gasteiger partial charge on any atom is 0.145 e. The van der Waals surface area contributed by atoms with Crippen LogP contribution in [0.5, 0.6) is 0 Å². The van der Waals surface area contributed by atoms with E-state index in [2.05, 4.69) is 13.8 Å². The van der Waals surface area contributed by atoms with Gasteiger partial charge >= 0.3 is 0 Å². The lowest BCUT2D eigenvalue weighted by atomic mass is 9.84. The normalized spacial score (nSPS) is 14.8. The van der Waals surface area contributed by atoms with Crippen LogP contribution in [-0.4, -0.2) is 6.54 Å². The molecule has 90 valence electrons. The van der Waals surface area contributed by atoms with Gasteiger partial charge in [-0.25, -0.2) is 4.39 Å².